The molecule has 3 aromatic rings. The van der Waals surface area contributed by atoms with E-state index in [1.165, 1.54) is 10.6 Å². The number of hydrogen-bond acceptors (Lipinski definition) is 4. The van der Waals surface area contributed by atoms with Gasteiger partial charge in [0.15, 0.2) is 0 Å². The van der Waals surface area contributed by atoms with E-state index in [0.29, 0.717) is 18.5 Å². The number of benzene rings is 3. The highest BCUT2D eigenvalue weighted by Gasteiger charge is 2.30. The smallest absolute Gasteiger partial charge is 0.242 e. The highest BCUT2D eigenvalue weighted by Crippen LogP contribution is 2.23. The molecule has 0 saturated carbocycles. The highest BCUT2D eigenvalue weighted by atomic mass is 32.2. The van der Waals surface area contributed by atoms with Crippen molar-refractivity contribution >= 4 is 27.5 Å². The van der Waals surface area contributed by atoms with E-state index < -0.39 is 16.1 Å². The van der Waals surface area contributed by atoms with E-state index in [-0.39, 0.29) is 31.3 Å². The molecule has 0 bridgehead atoms. The van der Waals surface area contributed by atoms with Crippen LogP contribution in [0.4, 0.5) is 5.69 Å². The lowest BCUT2D eigenvalue weighted by Gasteiger charge is -2.32. The van der Waals surface area contributed by atoms with Gasteiger partial charge in [-0.05, 0) is 67.1 Å². The Kier molecular flexibility index (Phi) is 10.3. The van der Waals surface area contributed by atoms with Crippen molar-refractivity contribution in [2.24, 2.45) is 0 Å². The molecule has 0 aliphatic rings. The first kappa shape index (κ1) is 29.9. The number of carbonyl (C=O) groups is 2. The lowest BCUT2D eigenvalue weighted by atomic mass is 10.0. The second-order valence-electron chi connectivity index (χ2n) is 10.1. The standard InChI is InChI=1S/C31H39N3O4S/c1-23-18-24(2)20-28(19-23)34(39(5,37)38)17-11-16-30(35)33(22-27-15-10-9-12-25(27)3)29(31(36)32-4)21-26-13-7-6-8-14-26/h6-10,12-15,18-20,29H,11,16-17,21-22H2,1-5H3,(H,32,36)/t29-/m1/s1. The summed E-state index contributed by atoms with van der Waals surface area (Å²) in [6.45, 7) is 6.28. The van der Waals surface area contributed by atoms with E-state index in [0.717, 1.165) is 27.8 Å². The number of hydrogen-bond donors (Lipinski definition) is 1. The number of carbonyl (C=O) groups excluding carboxylic acids is 2. The van der Waals surface area contributed by atoms with Crippen LogP contribution in [0.3, 0.4) is 0 Å². The number of rotatable bonds is 12. The van der Waals surface area contributed by atoms with E-state index in [9.17, 15) is 18.0 Å². The summed E-state index contributed by atoms with van der Waals surface area (Å²) in [6, 6.07) is 22.4. The Labute approximate surface area is 232 Å². The number of nitrogens with one attached hydrogen (secondary N) is 1. The lowest BCUT2D eigenvalue weighted by molar-refractivity contribution is -0.141. The number of amides is 2. The molecule has 0 radical (unpaired) electrons. The highest BCUT2D eigenvalue weighted by molar-refractivity contribution is 7.92. The van der Waals surface area contributed by atoms with Crippen molar-refractivity contribution in [1.82, 2.24) is 10.2 Å². The molecule has 0 aliphatic carbocycles. The maximum atomic E-state index is 13.8. The van der Waals surface area contributed by atoms with Crippen molar-refractivity contribution in [2.75, 3.05) is 24.2 Å². The third-order valence-corrected chi connectivity index (χ3v) is 7.96. The number of aryl methyl sites for hydroxylation is 3. The van der Waals surface area contributed by atoms with Crippen LogP contribution in [0.5, 0.6) is 0 Å². The van der Waals surface area contributed by atoms with Gasteiger partial charge in [-0.15, -0.1) is 0 Å². The van der Waals surface area contributed by atoms with Crippen LogP contribution in [0, 0.1) is 20.8 Å². The second kappa shape index (κ2) is 13.4. The van der Waals surface area contributed by atoms with Gasteiger partial charge in [-0.1, -0.05) is 60.7 Å². The van der Waals surface area contributed by atoms with Crippen LogP contribution >= 0.6 is 0 Å². The summed E-state index contributed by atoms with van der Waals surface area (Å²) < 4.78 is 26.7. The molecule has 0 saturated heterocycles. The van der Waals surface area contributed by atoms with Gasteiger partial charge in [-0.25, -0.2) is 8.42 Å². The molecule has 208 valence electrons. The van der Waals surface area contributed by atoms with Crippen molar-refractivity contribution < 1.29 is 18.0 Å². The second-order valence-corrected chi connectivity index (χ2v) is 12.0. The first-order valence-electron chi connectivity index (χ1n) is 13.1. The van der Waals surface area contributed by atoms with Crippen LogP contribution in [-0.2, 0) is 32.6 Å². The van der Waals surface area contributed by atoms with Crippen LogP contribution in [0.1, 0.15) is 40.7 Å². The molecule has 1 N–H and O–H groups in total. The molecule has 3 aromatic carbocycles. The summed E-state index contributed by atoms with van der Waals surface area (Å²) in [6.07, 6.45) is 1.97. The topological polar surface area (TPSA) is 86.8 Å². The Balaban J connectivity index is 1.87. The fourth-order valence-corrected chi connectivity index (χ4v) is 5.74. The Morgan fingerprint density at radius 1 is 0.897 bits per heavy atom. The summed E-state index contributed by atoms with van der Waals surface area (Å²) in [5.41, 5.74) is 5.46. The van der Waals surface area contributed by atoms with Gasteiger partial charge < -0.3 is 10.2 Å². The minimum absolute atomic E-state index is 0.102. The predicted octanol–water partition coefficient (Wildman–Crippen LogP) is 4.54. The van der Waals surface area contributed by atoms with Crippen molar-refractivity contribution in [3.05, 3.63) is 101 Å². The molecular formula is C31H39N3O4S. The normalized spacial score (nSPS) is 12.0. The molecule has 8 heteroatoms. The van der Waals surface area contributed by atoms with Crippen LogP contribution in [0.2, 0.25) is 0 Å². The maximum Gasteiger partial charge on any atom is 0.242 e. The number of anilines is 1. The monoisotopic (exact) mass is 549 g/mol. The zero-order valence-corrected chi connectivity index (χ0v) is 24.3. The van der Waals surface area contributed by atoms with Gasteiger partial charge in [0, 0.05) is 33.0 Å². The summed E-state index contributed by atoms with van der Waals surface area (Å²) >= 11 is 0. The van der Waals surface area contributed by atoms with E-state index in [2.05, 4.69) is 5.32 Å². The van der Waals surface area contributed by atoms with E-state index in [1.54, 1.807) is 11.9 Å². The number of nitrogens with zero attached hydrogens (tertiary/aromatic N) is 2. The Bertz CT molecular complexity index is 1370. The summed E-state index contributed by atoms with van der Waals surface area (Å²) in [7, 11) is -1.98. The van der Waals surface area contributed by atoms with Gasteiger partial charge >= 0.3 is 0 Å². The molecule has 0 spiro atoms. The molecule has 0 heterocycles. The minimum Gasteiger partial charge on any atom is -0.357 e. The predicted molar refractivity (Wildman–Crippen MR) is 157 cm³/mol. The van der Waals surface area contributed by atoms with E-state index >= 15 is 0 Å². The molecule has 3 rings (SSSR count). The lowest BCUT2D eigenvalue weighted by Crippen LogP contribution is -2.50. The Morgan fingerprint density at radius 2 is 1.51 bits per heavy atom. The first-order chi connectivity index (χ1) is 18.5. The average Bonchev–Trinajstić information content (AvgIpc) is 2.88. The molecule has 0 fully saturated rings. The summed E-state index contributed by atoms with van der Waals surface area (Å²) in [5, 5.41) is 2.73. The largest absolute Gasteiger partial charge is 0.357 e. The van der Waals surface area contributed by atoms with Gasteiger partial charge in [-0.3, -0.25) is 13.9 Å². The van der Waals surface area contributed by atoms with Gasteiger partial charge in [0.2, 0.25) is 21.8 Å². The van der Waals surface area contributed by atoms with Gasteiger partial charge in [0.05, 0.1) is 11.9 Å². The fraction of sp³-hybridized carbons (Fsp3) is 0.355. The minimum atomic E-state index is -3.55. The van der Waals surface area contributed by atoms with Crippen LogP contribution in [0.25, 0.3) is 0 Å². The molecule has 1 atom stereocenters. The van der Waals surface area contributed by atoms with Crippen molar-refractivity contribution in [1.29, 1.82) is 0 Å². The molecule has 7 nitrogen and oxygen atoms in total. The third-order valence-electron chi connectivity index (χ3n) is 6.77. The van der Waals surface area contributed by atoms with Gasteiger partial charge in [0.25, 0.3) is 0 Å². The van der Waals surface area contributed by atoms with E-state index in [4.69, 9.17) is 0 Å². The third kappa shape index (κ3) is 8.42. The molecule has 39 heavy (non-hydrogen) atoms. The summed E-state index contributed by atoms with van der Waals surface area (Å²) in [4.78, 5) is 28.5. The average molecular weight is 550 g/mol. The van der Waals surface area contributed by atoms with Gasteiger partial charge in [-0.2, -0.15) is 0 Å². The number of sulfonamides is 1. The molecule has 0 aromatic heterocycles. The Hall–Kier alpha value is -3.65. The quantitative estimate of drug-likeness (QED) is 0.359. The van der Waals surface area contributed by atoms with Crippen molar-refractivity contribution in [2.45, 2.75) is 52.6 Å². The molecule has 0 aliphatic heterocycles. The summed E-state index contributed by atoms with van der Waals surface area (Å²) in [5.74, 6) is -0.439. The maximum absolute atomic E-state index is 13.8. The van der Waals surface area contributed by atoms with E-state index in [1.807, 2.05) is 93.6 Å². The number of likely N-dealkylation sites (N-methyl/N-ethyl adjacent to an activating group) is 1. The van der Waals surface area contributed by atoms with Crippen LogP contribution in [0.15, 0.2) is 72.8 Å². The molecule has 0 unspecified atom stereocenters. The molecule has 2 amide bonds. The van der Waals surface area contributed by atoms with Crippen LogP contribution in [-0.4, -0.2) is 51.0 Å². The zero-order chi connectivity index (χ0) is 28.6. The molecular weight excluding hydrogens is 510 g/mol. The van der Waals surface area contributed by atoms with Crippen molar-refractivity contribution in [3.8, 4) is 0 Å². The van der Waals surface area contributed by atoms with Gasteiger partial charge in [0.1, 0.15) is 6.04 Å². The Morgan fingerprint density at radius 3 is 2.10 bits per heavy atom. The SMILES string of the molecule is CNC(=O)[C@@H](Cc1ccccc1)N(Cc1ccccc1C)C(=O)CCCN(c1cc(C)cc(C)c1)S(C)(=O)=O. The zero-order valence-electron chi connectivity index (χ0n) is 23.5. The van der Waals surface area contributed by atoms with Crippen LogP contribution < -0.4 is 9.62 Å². The fourth-order valence-electron chi connectivity index (χ4n) is 4.79. The van der Waals surface area contributed by atoms with Crippen molar-refractivity contribution in [3.63, 3.8) is 0 Å². The first-order valence-corrected chi connectivity index (χ1v) is 15.0.